The monoisotopic (exact) mass is 1440 g/mol. The van der Waals surface area contributed by atoms with E-state index < -0.39 is 23.4 Å². The molecule has 89 heavy (non-hydrogen) atoms. The second-order valence-electron chi connectivity index (χ2n) is 23.7. The van der Waals surface area contributed by atoms with Gasteiger partial charge in [0.1, 0.15) is 11.2 Å². The van der Waals surface area contributed by atoms with E-state index in [2.05, 4.69) is 170 Å². The van der Waals surface area contributed by atoms with Crippen molar-refractivity contribution in [3.8, 4) is 5.69 Å². The van der Waals surface area contributed by atoms with Crippen molar-refractivity contribution in [2.75, 3.05) is 64.0 Å². The van der Waals surface area contributed by atoms with Gasteiger partial charge in [-0.05, 0) is 162 Å². The van der Waals surface area contributed by atoms with Crippen LogP contribution in [0.4, 0.5) is 21.2 Å². The van der Waals surface area contributed by atoms with Crippen LogP contribution in [0.1, 0.15) is 89.5 Å². The Morgan fingerprint density at radius 1 is 0.584 bits per heavy atom. The molecule has 2 amide bonds. The van der Waals surface area contributed by atoms with Crippen molar-refractivity contribution < 1.29 is 31.8 Å². The van der Waals surface area contributed by atoms with Crippen LogP contribution >= 0.6 is 36.3 Å². The van der Waals surface area contributed by atoms with Gasteiger partial charge in [0, 0.05) is 112 Å². The van der Waals surface area contributed by atoms with Crippen molar-refractivity contribution in [2.24, 2.45) is 0 Å². The van der Waals surface area contributed by atoms with Crippen LogP contribution in [0.25, 0.3) is 27.2 Å². The molecular weight excluding hydrogens is 1350 g/mol. The van der Waals surface area contributed by atoms with Gasteiger partial charge in [0.05, 0.1) is 0 Å². The number of hydrogen-bond donors (Lipinski definition) is 7. The van der Waals surface area contributed by atoms with Crippen molar-refractivity contribution in [3.05, 3.63) is 206 Å². The first-order valence-electron chi connectivity index (χ1n) is 30.0. The number of hydrogen-bond acceptors (Lipinski definition) is 14. The van der Waals surface area contributed by atoms with E-state index in [9.17, 15) is 19.2 Å². The number of rotatable bonds is 16. The van der Waals surface area contributed by atoms with Crippen LogP contribution in [0.3, 0.4) is 0 Å². The fourth-order valence-corrected chi connectivity index (χ4v) is 10.1. The maximum atomic E-state index is 13.2. The number of anilines is 2. The van der Waals surface area contributed by atoms with Crippen molar-refractivity contribution in [1.29, 1.82) is 0 Å². The summed E-state index contributed by atoms with van der Waals surface area (Å²) in [5.41, 5.74) is 4.03. The number of likely N-dealkylation sites (N-methyl/N-ethyl adjacent to an activating group) is 2. The van der Waals surface area contributed by atoms with Gasteiger partial charge in [-0.1, -0.05) is 113 Å². The second-order valence-corrected chi connectivity index (χ2v) is 24.6. The van der Waals surface area contributed by atoms with Crippen molar-refractivity contribution in [1.82, 2.24) is 50.6 Å². The zero-order valence-electron chi connectivity index (χ0n) is 52.3. The van der Waals surface area contributed by atoms with Crippen LogP contribution in [0, 0.1) is 0 Å². The van der Waals surface area contributed by atoms with Gasteiger partial charge in [0.2, 0.25) is 0 Å². The molecule has 2 fully saturated rings. The second kappa shape index (κ2) is 36.8. The number of fused-ring (bicyclic) bond motifs is 2. The zero-order valence-corrected chi connectivity index (χ0v) is 57.0. The van der Waals surface area contributed by atoms with E-state index in [0.29, 0.717) is 30.8 Å². The summed E-state index contributed by atoms with van der Waals surface area (Å²) in [5, 5.41) is 23.3. The molecule has 0 spiro atoms. The molecule has 0 aliphatic carbocycles. The standard InChI is InChI=1S/C32H37N5O3.C20H22N4O.C12H16BrNO2.C4H12N2.Cu.HI/c1-32(2,3)40-31(39)34-21-23-9-12-28(13-10-23)37-19-16-33-29(30(37)38)35-27-14-17-36(18-15-27)22-24-8-11-25-6-4-5-7-26(25)20-24;25-20-19(21-9-10-22-20)23-18-7-11-24(12-8-18)14-15-5-6-16-3-1-2-4-17(16)13-15;1-12(2,3)16-11(15)14-8-9-4-6-10(13)7-5-9;1-5-3-4-6-2;;/h4-13,16,19-20,27H,14-15,17-18,21-22H2,1-3H3,(H,33,35)(H,34,39);1-6,9-10,13,18H,7-8,11-12,14H2,(H,21,23)(H,22,25);4-7H,8H2,1-3H3,(H,14,15);5-6H,3-4H2,1-2H3;;1H/q;;;;+1;/p-1. The predicted octanol–water partition coefficient (Wildman–Crippen LogP) is 12.3. The number of nitrogens with zero attached hydrogens (tertiary/aromatic N) is 5. The molecule has 21 heteroatoms. The van der Waals surface area contributed by atoms with E-state index in [1.807, 2.05) is 104 Å². The number of benzene rings is 6. The Kier molecular flexibility index (Phi) is 29.5. The van der Waals surface area contributed by atoms with E-state index >= 15 is 0 Å². The average molecular weight is 1440 g/mol. The predicted molar refractivity (Wildman–Crippen MR) is 369 cm³/mol. The quantitative estimate of drug-likeness (QED) is 0.0273. The molecule has 2 aliphatic heterocycles. The molecule has 8 aromatic rings. The number of amides is 2. The fourth-order valence-electron chi connectivity index (χ4n) is 9.82. The Labute approximate surface area is 552 Å². The van der Waals surface area contributed by atoms with E-state index in [4.69, 9.17) is 9.47 Å². The number of nitrogens with one attached hydrogen (secondary N) is 7. The third kappa shape index (κ3) is 25.6. The van der Waals surface area contributed by atoms with Crippen LogP contribution in [0.2, 0.25) is 0 Å². The average Bonchev–Trinajstić information content (AvgIpc) is 2.14. The summed E-state index contributed by atoms with van der Waals surface area (Å²) >= 11 is 9.22. The first kappa shape index (κ1) is 71.4. The number of carbonyl (C=O) groups is 2. The van der Waals surface area contributed by atoms with Crippen LogP contribution in [0.5, 0.6) is 0 Å². The Balaban J connectivity index is 0.000000218. The number of halogens is 2. The molecule has 2 aromatic heterocycles. The topological polar surface area (TPSA) is 212 Å². The summed E-state index contributed by atoms with van der Waals surface area (Å²) in [6.07, 6.45) is 9.56. The molecule has 18 nitrogen and oxygen atoms in total. The summed E-state index contributed by atoms with van der Waals surface area (Å²) < 4.78 is 13.0. The van der Waals surface area contributed by atoms with Crippen LogP contribution in [-0.4, -0.2) is 118 Å². The van der Waals surface area contributed by atoms with Crippen LogP contribution in [0.15, 0.2) is 172 Å². The molecule has 0 atom stereocenters. The van der Waals surface area contributed by atoms with Crippen molar-refractivity contribution in [2.45, 2.75) is 117 Å². The molecular formula is C68H87BrCuIN12O6. The van der Waals surface area contributed by atoms with Crippen molar-refractivity contribution >= 4 is 81.6 Å². The maximum absolute atomic E-state index is 13.2. The van der Waals surface area contributed by atoms with E-state index in [0.717, 1.165) is 99.3 Å². The van der Waals surface area contributed by atoms with E-state index in [1.54, 1.807) is 49.7 Å². The minimum atomic E-state index is -0.545. The minimum absolute atomic E-state index is 0.152. The summed E-state index contributed by atoms with van der Waals surface area (Å²) in [6, 6.07) is 46.1. The number of aromatic amines is 1. The number of carbonyl (C=O) groups excluding carboxylic acids is 2. The first-order chi connectivity index (χ1) is 42.8. The molecule has 0 bridgehead atoms. The zero-order chi connectivity index (χ0) is 64.2. The summed E-state index contributed by atoms with van der Waals surface area (Å²) in [4.78, 5) is 64.3. The molecule has 0 saturated carbocycles. The Morgan fingerprint density at radius 2 is 1.00 bits per heavy atom. The Morgan fingerprint density at radius 3 is 1.44 bits per heavy atom. The SMILES string of the molecule is CC(C)(C)OC(=O)NCc1ccc(-n2ccnc(NC3CCN(Cc4ccc5ccccc5c4)CC3)c2=O)cc1.CC(C)(C)OC(=O)NCc1ccc(Br)cc1.CNCCNC.O=c1[nH]ccnc1NC1CCN(Cc2ccc3ccccc3c2)CC1.[Cu][I]. The van der Waals surface area contributed by atoms with Crippen LogP contribution in [-0.2, 0) is 48.4 Å². The molecule has 7 N–H and O–H groups in total. The normalized spacial score (nSPS) is 13.8. The van der Waals surface area contributed by atoms with Gasteiger partial charge in [-0.15, -0.1) is 0 Å². The molecule has 6 aromatic carbocycles. The van der Waals surface area contributed by atoms with E-state index in [1.165, 1.54) is 32.7 Å². The number of ether oxygens (including phenoxy) is 2. The Bertz CT molecular complexity index is 3540. The Hall–Kier alpha value is -6.69. The molecule has 0 radical (unpaired) electrons. The molecule has 4 heterocycles. The summed E-state index contributed by atoms with van der Waals surface area (Å²) in [6.45, 7) is 19.8. The van der Waals surface area contributed by atoms with Gasteiger partial charge in [0.25, 0.3) is 11.1 Å². The van der Waals surface area contributed by atoms with Gasteiger partial charge in [-0.2, -0.15) is 0 Å². The number of H-pyrrole nitrogens is 1. The van der Waals surface area contributed by atoms with Crippen LogP contribution < -0.4 is 43.0 Å². The fraction of sp³-hybridized carbons (Fsp3) is 0.382. The number of piperidine rings is 2. The number of likely N-dealkylation sites (tertiary alicyclic amines) is 2. The molecule has 0 unspecified atom stereocenters. The number of alkyl carbamates (subject to hydrolysis) is 2. The van der Waals surface area contributed by atoms with E-state index in [-0.39, 0.29) is 17.2 Å². The number of aromatic nitrogens is 4. The van der Waals surface area contributed by atoms with Gasteiger partial charge < -0.3 is 46.4 Å². The van der Waals surface area contributed by atoms with Gasteiger partial charge in [-0.3, -0.25) is 24.0 Å². The van der Waals surface area contributed by atoms with Crippen molar-refractivity contribution in [3.63, 3.8) is 0 Å². The molecule has 2 saturated heterocycles. The third-order valence-electron chi connectivity index (χ3n) is 14.3. The third-order valence-corrected chi connectivity index (χ3v) is 14.8. The van der Waals surface area contributed by atoms with Gasteiger partial charge >= 0.3 is 45.3 Å². The molecule has 480 valence electrons. The van der Waals surface area contributed by atoms with Gasteiger partial charge in [0.15, 0.2) is 11.6 Å². The summed E-state index contributed by atoms with van der Waals surface area (Å²) in [5.74, 6) is 0.793. The van der Waals surface area contributed by atoms with Gasteiger partial charge in [-0.25, -0.2) is 19.6 Å². The summed E-state index contributed by atoms with van der Waals surface area (Å²) in [7, 11) is 3.88. The molecule has 10 rings (SSSR count). The first-order valence-corrected chi connectivity index (χ1v) is 33.9. The molecule has 2 aliphatic rings.